The van der Waals surface area contributed by atoms with Gasteiger partial charge in [0.2, 0.25) is 0 Å². The molecular formula is C24H33F13O11. The summed E-state index contributed by atoms with van der Waals surface area (Å²) in [7, 11) is 0. The molecule has 0 aromatic carbocycles. The van der Waals surface area contributed by atoms with Crippen LogP contribution in [0.2, 0.25) is 0 Å². The van der Waals surface area contributed by atoms with Gasteiger partial charge in [0.25, 0.3) is 0 Å². The maximum absolute atomic E-state index is 13.9. The van der Waals surface area contributed by atoms with Crippen LogP contribution in [0.5, 0.6) is 0 Å². The number of aliphatic hydroxyl groups is 7. The van der Waals surface area contributed by atoms with E-state index in [0.29, 0.717) is 0 Å². The molecule has 0 aromatic rings. The van der Waals surface area contributed by atoms with E-state index in [1.165, 1.54) is 0 Å². The largest absolute Gasteiger partial charge is 0.460 e. The lowest BCUT2D eigenvalue weighted by Gasteiger charge is -2.45. The van der Waals surface area contributed by atoms with Crippen molar-refractivity contribution in [1.29, 1.82) is 0 Å². The second-order valence-electron chi connectivity index (χ2n) is 11.0. The van der Waals surface area contributed by atoms with Crippen molar-refractivity contribution in [3.05, 3.63) is 0 Å². The van der Waals surface area contributed by atoms with Gasteiger partial charge in [-0.1, -0.05) is 12.8 Å². The SMILES string of the molecule is OC[C@H]1O[C@@H](O[C@H]2[C@H](O)[C@@H](O)C(OCCCCCCC(F)(F)C(F)(F)C(F)(F)C(F)(F)C(F)(F)C(F)(F)F)O[C@@H]2CO)[C@H](O)[C@@H](O)[C@H]1O. The molecule has 11 nitrogen and oxygen atoms in total. The number of hydrogen-bond acceptors (Lipinski definition) is 11. The lowest BCUT2D eigenvalue weighted by molar-refractivity contribution is -0.440. The van der Waals surface area contributed by atoms with Gasteiger partial charge in [0.1, 0.15) is 48.8 Å². The lowest BCUT2D eigenvalue weighted by atomic mass is 9.91. The summed E-state index contributed by atoms with van der Waals surface area (Å²) in [6.45, 7) is -2.23. The Morgan fingerprint density at radius 2 is 0.979 bits per heavy atom. The van der Waals surface area contributed by atoms with Crippen LogP contribution in [0.3, 0.4) is 0 Å². The van der Waals surface area contributed by atoms with Crippen molar-refractivity contribution in [3.8, 4) is 0 Å². The number of aliphatic hydroxyl groups excluding tert-OH is 7. The number of halogens is 13. The summed E-state index contributed by atoms with van der Waals surface area (Å²) < 4.78 is 192. The van der Waals surface area contributed by atoms with E-state index < -0.39 is 136 Å². The third-order valence-corrected chi connectivity index (χ3v) is 7.63. The van der Waals surface area contributed by atoms with Gasteiger partial charge >= 0.3 is 35.8 Å². The van der Waals surface area contributed by atoms with Gasteiger partial charge in [-0.05, 0) is 12.8 Å². The summed E-state index contributed by atoms with van der Waals surface area (Å²) in [5.41, 5.74) is 0. The van der Waals surface area contributed by atoms with E-state index in [4.69, 9.17) is 18.9 Å². The third kappa shape index (κ3) is 8.07. The molecule has 7 N–H and O–H groups in total. The Morgan fingerprint density at radius 3 is 1.50 bits per heavy atom. The Bertz CT molecular complexity index is 1020. The van der Waals surface area contributed by atoms with E-state index >= 15 is 0 Å². The summed E-state index contributed by atoms with van der Waals surface area (Å²) in [5.74, 6) is -37.2. The molecule has 2 saturated heterocycles. The number of alkyl halides is 13. The third-order valence-electron chi connectivity index (χ3n) is 7.63. The number of unbranched alkanes of at least 4 members (excludes halogenated alkanes) is 3. The molecule has 24 heteroatoms. The van der Waals surface area contributed by atoms with Crippen molar-refractivity contribution in [1.82, 2.24) is 0 Å². The summed E-state index contributed by atoms with van der Waals surface area (Å²) in [4.78, 5) is 0. The van der Waals surface area contributed by atoms with Crippen LogP contribution in [-0.4, -0.2) is 153 Å². The Kier molecular flexibility index (Phi) is 13.8. The van der Waals surface area contributed by atoms with Gasteiger partial charge < -0.3 is 54.7 Å². The molecule has 2 rings (SSSR count). The van der Waals surface area contributed by atoms with Crippen LogP contribution in [0.15, 0.2) is 0 Å². The molecule has 0 radical (unpaired) electrons. The maximum Gasteiger partial charge on any atom is 0.460 e. The fourth-order valence-corrected chi connectivity index (χ4v) is 4.65. The fourth-order valence-electron chi connectivity index (χ4n) is 4.65. The standard InChI is InChI=1S/C24H33F13O11/c25-19(26,20(27,28)21(29,30)22(31,32)23(33,34)24(35,36)37)5-3-1-2-4-6-45-17-15(44)13(42)16(10(8-39)47-17)48-18-14(43)12(41)11(40)9(7-38)46-18/h9-18,38-44H,1-8H2/t9-,10-,11+,12+,13-,14-,15-,16-,17?,18+/m1/s1. The average molecular weight is 744 g/mol. The quantitative estimate of drug-likeness (QED) is 0.0896. The van der Waals surface area contributed by atoms with Crippen LogP contribution in [0.4, 0.5) is 57.1 Å². The Balaban J connectivity index is 1.89. The van der Waals surface area contributed by atoms with E-state index in [1.54, 1.807) is 0 Å². The first-order chi connectivity index (χ1) is 21.7. The van der Waals surface area contributed by atoms with Gasteiger partial charge in [0, 0.05) is 13.0 Å². The van der Waals surface area contributed by atoms with Gasteiger partial charge in [0.05, 0.1) is 13.2 Å². The highest BCUT2D eigenvalue weighted by Crippen LogP contribution is 2.60. The first kappa shape index (κ1) is 42.8. The first-order valence-corrected chi connectivity index (χ1v) is 13.9. The summed E-state index contributed by atoms with van der Waals surface area (Å²) in [6, 6.07) is 0. The monoisotopic (exact) mass is 744 g/mol. The van der Waals surface area contributed by atoms with Crippen LogP contribution >= 0.6 is 0 Å². The number of hydrogen-bond donors (Lipinski definition) is 7. The van der Waals surface area contributed by atoms with Gasteiger partial charge in [-0.2, -0.15) is 57.1 Å². The average Bonchev–Trinajstić information content (AvgIpc) is 2.98. The predicted octanol–water partition coefficient (Wildman–Crippen LogP) is 1.32. The first-order valence-electron chi connectivity index (χ1n) is 13.9. The molecule has 1 unspecified atom stereocenters. The van der Waals surface area contributed by atoms with Crippen molar-refractivity contribution < 1.29 is 112 Å². The van der Waals surface area contributed by atoms with Crippen molar-refractivity contribution >= 4 is 0 Å². The molecule has 0 amide bonds. The minimum Gasteiger partial charge on any atom is -0.394 e. The topological polar surface area (TPSA) is 179 Å². The van der Waals surface area contributed by atoms with E-state index in [-0.39, 0.29) is 12.8 Å². The molecule has 0 bridgehead atoms. The van der Waals surface area contributed by atoms with Crippen molar-refractivity contribution in [3.63, 3.8) is 0 Å². The van der Waals surface area contributed by atoms with Crippen molar-refractivity contribution in [2.75, 3.05) is 19.8 Å². The van der Waals surface area contributed by atoms with Crippen LogP contribution in [0.25, 0.3) is 0 Å². The molecule has 286 valence electrons. The maximum atomic E-state index is 13.9. The molecular weight excluding hydrogens is 711 g/mol. The molecule has 2 heterocycles. The number of rotatable bonds is 16. The van der Waals surface area contributed by atoms with Gasteiger partial charge in [0.15, 0.2) is 12.6 Å². The van der Waals surface area contributed by atoms with Crippen LogP contribution in [0.1, 0.15) is 32.1 Å². The smallest absolute Gasteiger partial charge is 0.394 e. The highest BCUT2D eigenvalue weighted by molar-refractivity contribution is 5.10. The van der Waals surface area contributed by atoms with Gasteiger partial charge in [-0.25, -0.2) is 0 Å². The van der Waals surface area contributed by atoms with E-state index in [2.05, 4.69) is 0 Å². The molecule has 48 heavy (non-hydrogen) atoms. The highest BCUT2D eigenvalue weighted by atomic mass is 19.4. The lowest BCUT2D eigenvalue weighted by Crippen LogP contribution is -2.70. The molecule has 2 aliphatic rings. The Morgan fingerprint density at radius 1 is 0.500 bits per heavy atom. The number of ether oxygens (including phenoxy) is 4. The van der Waals surface area contributed by atoms with Crippen LogP contribution in [-0.2, 0) is 18.9 Å². The van der Waals surface area contributed by atoms with E-state index in [1.807, 2.05) is 0 Å². The molecule has 0 aromatic heterocycles. The van der Waals surface area contributed by atoms with E-state index in [0.717, 1.165) is 0 Å². The highest BCUT2D eigenvalue weighted by Gasteiger charge is 2.90. The minimum atomic E-state index is -7.97. The molecule has 10 atom stereocenters. The van der Waals surface area contributed by atoms with E-state index in [9.17, 15) is 92.8 Å². The second-order valence-corrected chi connectivity index (χ2v) is 11.0. The predicted molar refractivity (Wildman–Crippen MR) is 126 cm³/mol. The molecule has 0 spiro atoms. The zero-order valence-electron chi connectivity index (χ0n) is 24.1. The summed E-state index contributed by atoms with van der Waals surface area (Å²) in [6.07, 6.45) is -29.7. The summed E-state index contributed by atoms with van der Waals surface area (Å²) in [5, 5.41) is 69.6. The molecule has 0 aliphatic carbocycles. The van der Waals surface area contributed by atoms with Gasteiger partial charge in [-0.15, -0.1) is 0 Å². The second kappa shape index (κ2) is 15.5. The Hall–Kier alpha value is -1.35. The zero-order valence-corrected chi connectivity index (χ0v) is 24.1. The molecule has 2 aliphatic heterocycles. The summed E-state index contributed by atoms with van der Waals surface area (Å²) >= 11 is 0. The zero-order chi connectivity index (χ0) is 37.3. The molecule has 0 saturated carbocycles. The fraction of sp³-hybridized carbons (Fsp3) is 1.00. The van der Waals surface area contributed by atoms with Crippen LogP contribution in [0, 0.1) is 0 Å². The molecule has 2 fully saturated rings. The van der Waals surface area contributed by atoms with Crippen LogP contribution < -0.4 is 0 Å². The van der Waals surface area contributed by atoms with Gasteiger partial charge in [-0.3, -0.25) is 0 Å². The van der Waals surface area contributed by atoms with Crippen molar-refractivity contribution in [2.45, 2.75) is 129 Å². The van der Waals surface area contributed by atoms with Crippen molar-refractivity contribution in [2.24, 2.45) is 0 Å². The Labute approximate surface area is 261 Å². The minimum absolute atomic E-state index is 0.203. The normalized spacial score (nSPS) is 33.2.